The van der Waals surface area contributed by atoms with Crippen LogP contribution in [0.5, 0.6) is 0 Å². The Morgan fingerprint density at radius 2 is 2.00 bits per heavy atom. The Morgan fingerprint density at radius 1 is 1.29 bits per heavy atom. The van der Waals surface area contributed by atoms with Crippen molar-refractivity contribution >= 4 is 38.5 Å². The molecule has 0 bridgehead atoms. The smallest absolute Gasteiger partial charge is 0.379 e. The molecule has 1 aromatic carbocycles. The molecule has 1 N–H and O–H groups in total. The molecule has 1 heterocycles. The Morgan fingerprint density at radius 3 is 2.58 bits per heavy atom. The van der Waals surface area contributed by atoms with Gasteiger partial charge in [-0.15, -0.1) is 11.3 Å². The van der Waals surface area contributed by atoms with Gasteiger partial charge in [0.25, 0.3) is 0 Å². The number of thiazole rings is 1. The Hall–Kier alpha value is -1.43. The van der Waals surface area contributed by atoms with E-state index in [1.54, 1.807) is 19.5 Å². The molecule has 2 aromatic rings. The van der Waals surface area contributed by atoms with Crippen LogP contribution in [0.3, 0.4) is 0 Å². The fourth-order valence-corrected chi connectivity index (χ4v) is 6.50. The first-order valence-electron chi connectivity index (χ1n) is 9.48. The SMILES string of the molecule is CN(C)[C@@H]1CC[C@H](C(F)(F)F)C[C@H]1Nc1cc(F)c(S(=O)(=O)Cc2nccs2)cc1Cl. The van der Waals surface area contributed by atoms with E-state index in [1.807, 2.05) is 4.90 Å². The van der Waals surface area contributed by atoms with Crippen molar-refractivity contribution in [2.24, 2.45) is 5.92 Å². The van der Waals surface area contributed by atoms with Gasteiger partial charge in [-0.2, -0.15) is 13.2 Å². The van der Waals surface area contributed by atoms with Gasteiger partial charge in [-0.1, -0.05) is 11.6 Å². The normalized spacial score (nSPS) is 22.6. The van der Waals surface area contributed by atoms with Gasteiger partial charge in [-0.05, 0) is 45.5 Å². The number of nitrogens with zero attached hydrogens (tertiary/aromatic N) is 2. The lowest BCUT2D eigenvalue weighted by atomic mass is 9.81. The number of rotatable bonds is 6. The number of alkyl halides is 3. The molecule has 0 amide bonds. The van der Waals surface area contributed by atoms with Crippen LogP contribution in [0.1, 0.15) is 24.3 Å². The van der Waals surface area contributed by atoms with Crippen LogP contribution in [0.15, 0.2) is 28.6 Å². The van der Waals surface area contributed by atoms with E-state index in [4.69, 9.17) is 11.6 Å². The lowest BCUT2D eigenvalue weighted by Gasteiger charge is -2.41. The Bertz CT molecular complexity index is 1010. The molecule has 1 saturated carbocycles. The molecule has 1 aromatic heterocycles. The first-order chi connectivity index (χ1) is 14.4. The summed E-state index contributed by atoms with van der Waals surface area (Å²) in [6.45, 7) is 0. The van der Waals surface area contributed by atoms with Gasteiger partial charge in [0, 0.05) is 23.7 Å². The van der Waals surface area contributed by atoms with Crippen LogP contribution in [0.25, 0.3) is 0 Å². The van der Waals surface area contributed by atoms with Gasteiger partial charge in [0.05, 0.1) is 16.6 Å². The van der Waals surface area contributed by atoms with E-state index in [9.17, 15) is 26.0 Å². The number of hydrogen-bond donors (Lipinski definition) is 1. The third-order valence-electron chi connectivity index (χ3n) is 5.43. The summed E-state index contributed by atoms with van der Waals surface area (Å²) < 4.78 is 79.7. The summed E-state index contributed by atoms with van der Waals surface area (Å²) in [5.41, 5.74) is 0.0621. The summed E-state index contributed by atoms with van der Waals surface area (Å²) >= 11 is 7.35. The summed E-state index contributed by atoms with van der Waals surface area (Å²) in [6, 6.07) is 1.08. The molecule has 12 heteroatoms. The van der Waals surface area contributed by atoms with E-state index in [-0.39, 0.29) is 29.6 Å². The molecule has 0 saturated heterocycles. The van der Waals surface area contributed by atoms with E-state index in [0.29, 0.717) is 11.4 Å². The van der Waals surface area contributed by atoms with E-state index in [0.717, 1.165) is 23.5 Å². The van der Waals surface area contributed by atoms with Crippen molar-refractivity contribution in [3.05, 3.63) is 39.6 Å². The molecule has 3 rings (SSSR count). The van der Waals surface area contributed by atoms with Crippen LogP contribution >= 0.6 is 22.9 Å². The van der Waals surface area contributed by atoms with E-state index in [2.05, 4.69) is 10.3 Å². The standard InChI is InChI=1S/C19H22ClF4N3O2S2/c1-27(2)16-4-3-11(19(22,23)24)7-15(16)26-14-9-13(21)17(8-12(14)20)31(28,29)10-18-25-5-6-30-18/h5-6,8-9,11,15-16,26H,3-4,7,10H2,1-2H3/t11-,15+,16+/m0/s1. The fourth-order valence-electron chi connectivity index (χ4n) is 3.87. The maximum absolute atomic E-state index is 14.7. The van der Waals surface area contributed by atoms with Gasteiger partial charge in [-0.25, -0.2) is 17.8 Å². The molecule has 172 valence electrons. The first kappa shape index (κ1) is 24.2. The van der Waals surface area contributed by atoms with Gasteiger partial charge in [0.2, 0.25) is 0 Å². The third-order valence-corrected chi connectivity index (χ3v) is 8.35. The van der Waals surface area contributed by atoms with Crippen molar-refractivity contribution in [3.63, 3.8) is 0 Å². The summed E-state index contributed by atoms with van der Waals surface area (Å²) in [4.78, 5) is 5.15. The fraction of sp³-hybridized carbons (Fsp3) is 0.526. The van der Waals surface area contributed by atoms with Crippen molar-refractivity contribution in [2.75, 3.05) is 19.4 Å². The highest BCUT2D eigenvalue weighted by Gasteiger charge is 2.45. The van der Waals surface area contributed by atoms with Crippen LogP contribution in [0, 0.1) is 11.7 Å². The number of likely N-dealkylation sites (N-methyl/N-ethyl adjacent to an activating group) is 1. The molecule has 0 radical (unpaired) electrons. The number of benzene rings is 1. The number of sulfone groups is 1. The molecule has 1 fully saturated rings. The van der Waals surface area contributed by atoms with Crippen LogP contribution < -0.4 is 5.32 Å². The molecular formula is C19H22ClF4N3O2S2. The van der Waals surface area contributed by atoms with Gasteiger partial charge < -0.3 is 10.2 Å². The first-order valence-corrected chi connectivity index (χ1v) is 12.4. The van der Waals surface area contributed by atoms with Gasteiger partial charge in [0.15, 0.2) is 9.84 Å². The molecule has 0 aliphatic heterocycles. The van der Waals surface area contributed by atoms with Gasteiger partial charge in [0.1, 0.15) is 21.5 Å². The van der Waals surface area contributed by atoms with Crippen molar-refractivity contribution in [3.8, 4) is 0 Å². The van der Waals surface area contributed by atoms with Crippen molar-refractivity contribution in [2.45, 2.75) is 48.2 Å². The van der Waals surface area contributed by atoms with E-state index >= 15 is 0 Å². The maximum atomic E-state index is 14.7. The Balaban J connectivity index is 1.86. The highest BCUT2D eigenvalue weighted by molar-refractivity contribution is 7.90. The largest absolute Gasteiger partial charge is 0.391 e. The predicted octanol–water partition coefficient (Wildman–Crippen LogP) is 4.98. The molecule has 0 spiro atoms. The Kier molecular flexibility index (Phi) is 7.19. The zero-order chi connectivity index (χ0) is 23.0. The quantitative estimate of drug-likeness (QED) is 0.568. The molecule has 3 atom stereocenters. The van der Waals surface area contributed by atoms with Crippen LogP contribution in [-0.2, 0) is 15.6 Å². The number of aromatic nitrogens is 1. The average Bonchev–Trinajstić information content (AvgIpc) is 3.15. The number of hydrogen-bond acceptors (Lipinski definition) is 6. The average molecular weight is 500 g/mol. The van der Waals surface area contributed by atoms with E-state index < -0.39 is 44.4 Å². The number of anilines is 1. The maximum Gasteiger partial charge on any atom is 0.391 e. The van der Waals surface area contributed by atoms with Crippen LogP contribution in [-0.4, -0.2) is 50.7 Å². The second-order valence-electron chi connectivity index (χ2n) is 7.78. The third kappa shape index (κ3) is 5.68. The van der Waals surface area contributed by atoms with Crippen LogP contribution in [0.2, 0.25) is 5.02 Å². The predicted molar refractivity (Wildman–Crippen MR) is 113 cm³/mol. The molecular weight excluding hydrogens is 478 g/mol. The highest BCUT2D eigenvalue weighted by Crippen LogP contribution is 2.40. The minimum absolute atomic E-state index is 0.0144. The van der Waals surface area contributed by atoms with E-state index in [1.165, 1.54) is 6.20 Å². The number of nitrogens with one attached hydrogen (secondary N) is 1. The summed E-state index contributed by atoms with van der Waals surface area (Å²) in [6.07, 6.45) is -2.73. The second kappa shape index (κ2) is 9.21. The summed E-state index contributed by atoms with van der Waals surface area (Å²) in [7, 11) is -0.500. The van der Waals surface area contributed by atoms with Crippen molar-refractivity contribution in [1.82, 2.24) is 9.88 Å². The van der Waals surface area contributed by atoms with Crippen molar-refractivity contribution in [1.29, 1.82) is 0 Å². The molecule has 31 heavy (non-hydrogen) atoms. The number of halogens is 5. The summed E-state index contributed by atoms with van der Waals surface area (Å²) in [5, 5.41) is 4.77. The van der Waals surface area contributed by atoms with Crippen LogP contribution in [0.4, 0.5) is 23.2 Å². The molecule has 1 aliphatic rings. The zero-order valence-electron chi connectivity index (χ0n) is 16.8. The summed E-state index contributed by atoms with van der Waals surface area (Å²) in [5.74, 6) is -2.96. The Labute approximate surface area is 187 Å². The monoisotopic (exact) mass is 499 g/mol. The minimum atomic E-state index is -4.32. The lowest BCUT2D eigenvalue weighted by Crippen LogP contribution is -2.49. The molecule has 1 aliphatic carbocycles. The second-order valence-corrected chi connectivity index (χ2v) is 11.1. The lowest BCUT2D eigenvalue weighted by molar-refractivity contribution is -0.185. The minimum Gasteiger partial charge on any atom is -0.379 e. The van der Waals surface area contributed by atoms with Gasteiger partial charge in [-0.3, -0.25) is 0 Å². The zero-order valence-corrected chi connectivity index (χ0v) is 19.2. The molecule has 0 unspecified atom stereocenters. The topological polar surface area (TPSA) is 62.3 Å². The van der Waals surface area contributed by atoms with Gasteiger partial charge >= 0.3 is 6.18 Å². The molecule has 5 nitrogen and oxygen atoms in total. The highest BCUT2D eigenvalue weighted by atomic mass is 35.5. The van der Waals surface area contributed by atoms with Crippen molar-refractivity contribution < 1.29 is 26.0 Å².